The van der Waals surface area contributed by atoms with Crippen LogP contribution in [0.4, 0.5) is 0 Å². The van der Waals surface area contributed by atoms with Gasteiger partial charge in [0, 0.05) is 17.0 Å². The summed E-state index contributed by atoms with van der Waals surface area (Å²) in [5, 5.41) is 0.904. The molecule has 0 saturated heterocycles. The quantitative estimate of drug-likeness (QED) is 0.443. The van der Waals surface area contributed by atoms with Gasteiger partial charge in [-0.15, -0.1) is 0 Å². The van der Waals surface area contributed by atoms with Gasteiger partial charge in [0.15, 0.2) is 0 Å². The Labute approximate surface area is 157 Å². The highest BCUT2D eigenvalue weighted by atomic mass is 16.5. The van der Waals surface area contributed by atoms with E-state index in [1.54, 1.807) is 6.07 Å². The van der Waals surface area contributed by atoms with Crippen LogP contribution in [0, 0.1) is 13.8 Å². The summed E-state index contributed by atoms with van der Waals surface area (Å²) in [6.07, 6.45) is 0. The standard InChI is InChI=1S/C24H20O3/c1-16-8-6-7-11-19(16)15-26-22-13-12-20-21(18-9-4-3-5-10-18)14-23(25)27-24(20)17(22)2/h3-14H,15H2,1-2H3. The van der Waals surface area contributed by atoms with Crippen LogP contribution in [0.5, 0.6) is 5.75 Å². The van der Waals surface area contributed by atoms with Gasteiger partial charge in [0.25, 0.3) is 0 Å². The maximum atomic E-state index is 12.2. The van der Waals surface area contributed by atoms with E-state index in [4.69, 9.17) is 9.15 Å². The molecule has 0 unspecified atom stereocenters. The first-order chi connectivity index (χ1) is 13.1. The van der Waals surface area contributed by atoms with Crippen LogP contribution in [0.25, 0.3) is 22.1 Å². The van der Waals surface area contributed by atoms with Crippen molar-refractivity contribution in [2.45, 2.75) is 20.5 Å². The molecule has 1 aromatic heterocycles. The second kappa shape index (κ2) is 7.12. The van der Waals surface area contributed by atoms with Crippen molar-refractivity contribution in [1.82, 2.24) is 0 Å². The minimum atomic E-state index is -0.361. The number of aryl methyl sites for hydroxylation is 2. The lowest BCUT2D eigenvalue weighted by Gasteiger charge is -2.13. The zero-order valence-electron chi connectivity index (χ0n) is 15.4. The first-order valence-corrected chi connectivity index (χ1v) is 8.93. The van der Waals surface area contributed by atoms with Crippen molar-refractivity contribution in [1.29, 1.82) is 0 Å². The van der Waals surface area contributed by atoms with Gasteiger partial charge in [0.05, 0.1) is 0 Å². The van der Waals surface area contributed by atoms with Gasteiger partial charge in [-0.1, -0.05) is 54.6 Å². The minimum Gasteiger partial charge on any atom is -0.488 e. The van der Waals surface area contributed by atoms with Crippen LogP contribution in [0.15, 0.2) is 82.0 Å². The summed E-state index contributed by atoms with van der Waals surface area (Å²) < 4.78 is 11.6. The molecule has 0 aliphatic rings. The molecule has 0 amide bonds. The molecule has 0 bridgehead atoms. The van der Waals surface area contributed by atoms with Crippen LogP contribution >= 0.6 is 0 Å². The first-order valence-electron chi connectivity index (χ1n) is 8.93. The highest BCUT2D eigenvalue weighted by Crippen LogP contribution is 2.33. The zero-order chi connectivity index (χ0) is 18.8. The summed E-state index contributed by atoms with van der Waals surface area (Å²) in [4.78, 5) is 12.2. The predicted molar refractivity (Wildman–Crippen MR) is 108 cm³/mol. The van der Waals surface area contributed by atoms with Crippen LogP contribution < -0.4 is 10.4 Å². The van der Waals surface area contributed by atoms with Gasteiger partial charge in [-0.05, 0) is 48.2 Å². The topological polar surface area (TPSA) is 39.4 Å². The molecule has 0 saturated carbocycles. The smallest absolute Gasteiger partial charge is 0.336 e. The predicted octanol–water partition coefficient (Wildman–Crippen LogP) is 5.66. The molecular formula is C24H20O3. The van der Waals surface area contributed by atoms with E-state index in [0.29, 0.717) is 12.2 Å². The van der Waals surface area contributed by atoms with Crippen molar-refractivity contribution in [3.63, 3.8) is 0 Å². The minimum absolute atomic E-state index is 0.361. The van der Waals surface area contributed by atoms with E-state index in [0.717, 1.165) is 33.4 Å². The first kappa shape index (κ1) is 17.1. The van der Waals surface area contributed by atoms with Crippen molar-refractivity contribution in [3.8, 4) is 16.9 Å². The normalized spacial score (nSPS) is 10.9. The molecule has 0 aliphatic heterocycles. The second-order valence-corrected chi connectivity index (χ2v) is 6.63. The van der Waals surface area contributed by atoms with Crippen molar-refractivity contribution in [2.24, 2.45) is 0 Å². The number of ether oxygens (including phenoxy) is 1. The summed E-state index contributed by atoms with van der Waals surface area (Å²) in [5.74, 6) is 0.721. The van der Waals surface area contributed by atoms with E-state index >= 15 is 0 Å². The molecule has 3 aromatic carbocycles. The van der Waals surface area contributed by atoms with E-state index in [1.165, 1.54) is 5.56 Å². The van der Waals surface area contributed by atoms with Gasteiger partial charge in [0.2, 0.25) is 0 Å². The molecule has 27 heavy (non-hydrogen) atoms. The van der Waals surface area contributed by atoms with E-state index in [9.17, 15) is 4.79 Å². The fourth-order valence-electron chi connectivity index (χ4n) is 3.28. The number of benzene rings is 3. The Morgan fingerprint density at radius 2 is 1.63 bits per heavy atom. The lowest BCUT2D eigenvalue weighted by molar-refractivity contribution is 0.303. The molecular weight excluding hydrogens is 336 g/mol. The van der Waals surface area contributed by atoms with Gasteiger partial charge in [-0.2, -0.15) is 0 Å². The summed E-state index contributed by atoms with van der Waals surface area (Å²) >= 11 is 0. The maximum Gasteiger partial charge on any atom is 0.336 e. The number of hydrogen-bond donors (Lipinski definition) is 0. The van der Waals surface area contributed by atoms with Crippen molar-refractivity contribution >= 4 is 11.0 Å². The number of hydrogen-bond acceptors (Lipinski definition) is 3. The third kappa shape index (κ3) is 3.36. The SMILES string of the molecule is Cc1ccccc1COc1ccc2c(-c3ccccc3)cc(=O)oc2c1C. The molecule has 134 valence electrons. The van der Waals surface area contributed by atoms with Gasteiger partial charge >= 0.3 is 5.63 Å². The summed E-state index contributed by atoms with van der Waals surface area (Å²) in [6, 6.07) is 23.5. The summed E-state index contributed by atoms with van der Waals surface area (Å²) in [5.41, 5.74) is 5.23. The van der Waals surface area contributed by atoms with Crippen molar-refractivity contribution in [3.05, 3.63) is 99.9 Å². The molecule has 4 rings (SSSR count). The van der Waals surface area contributed by atoms with Crippen molar-refractivity contribution in [2.75, 3.05) is 0 Å². The summed E-state index contributed by atoms with van der Waals surface area (Å²) in [7, 11) is 0. The molecule has 1 heterocycles. The zero-order valence-corrected chi connectivity index (χ0v) is 15.4. The lowest BCUT2D eigenvalue weighted by Crippen LogP contribution is -2.02. The Kier molecular flexibility index (Phi) is 4.51. The van der Waals surface area contributed by atoms with E-state index in [-0.39, 0.29) is 5.63 Å². The molecule has 4 aromatic rings. The average Bonchev–Trinajstić information content (AvgIpc) is 2.69. The second-order valence-electron chi connectivity index (χ2n) is 6.63. The highest BCUT2D eigenvalue weighted by molar-refractivity contribution is 5.95. The van der Waals surface area contributed by atoms with Crippen LogP contribution in [0.2, 0.25) is 0 Å². The number of fused-ring (bicyclic) bond motifs is 1. The lowest BCUT2D eigenvalue weighted by atomic mass is 10.00. The van der Waals surface area contributed by atoms with Gasteiger partial charge in [0.1, 0.15) is 17.9 Å². The fraction of sp³-hybridized carbons (Fsp3) is 0.125. The Morgan fingerprint density at radius 1 is 0.889 bits per heavy atom. The molecule has 0 radical (unpaired) electrons. The highest BCUT2D eigenvalue weighted by Gasteiger charge is 2.13. The molecule has 0 spiro atoms. The molecule has 0 fully saturated rings. The molecule has 0 aliphatic carbocycles. The number of rotatable bonds is 4. The summed E-state index contributed by atoms with van der Waals surface area (Å²) in [6.45, 7) is 4.46. The third-order valence-electron chi connectivity index (χ3n) is 4.84. The Morgan fingerprint density at radius 3 is 2.41 bits per heavy atom. The van der Waals surface area contributed by atoms with Crippen LogP contribution in [-0.2, 0) is 6.61 Å². The van der Waals surface area contributed by atoms with Gasteiger partial charge < -0.3 is 9.15 Å². The van der Waals surface area contributed by atoms with Gasteiger partial charge in [-0.25, -0.2) is 4.79 Å². The van der Waals surface area contributed by atoms with E-state index < -0.39 is 0 Å². The van der Waals surface area contributed by atoms with Crippen LogP contribution in [-0.4, -0.2) is 0 Å². The van der Waals surface area contributed by atoms with E-state index in [1.807, 2.05) is 61.5 Å². The Balaban J connectivity index is 1.76. The molecule has 3 heteroatoms. The Hall–Kier alpha value is -3.33. The van der Waals surface area contributed by atoms with E-state index in [2.05, 4.69) is 19.1 Å². The van der Waals surface area contributed by atoms with Crippen LogP contribution in [0.3, 0.4) is 0 Å². The third-order valence-corrected chi connectivity index (χ3v) is 4.84. The van der Waals surface area contributed by atoms with Crippen molar-refractivity contribution < 1.29 is 9.15 Å². The molecule has 3 nitrogen and oxygen atoms in total. The largest absolute Gasteiger partial charge is 0.488 e. The van der Waals surface area contributed by atoms with Gasteiger partial charge in [-0.3, -0.25) is 0 Å². The maximum absolute atomic E-state index is 12.2. The monoisotopic (exact) mass is 356 g/mol. The Bertz CT molecular complexity index is 1160. The molecule has 0 atom stereocenters. The average molecular weight is 356 g/mol. The van der Waals surface area contributed by atoms with Crippen LogP contribution in [0.1, 0.15) is 16.7 Å². The fourth-order valence-corrected chi connectivity index (χ4v) is 3.28. The molecule has 0 N–H and O–H groups in total.